The number of carbonyl (C=O) groups is 1. The van der Waals surface area contributed by atoms with E-state index in [0.717, 1.165) is 28.1 Å². The summed E-state index contributed by atoms with van der Waals surface area (Å²) >= 11 is 1.22. The Balaban J connectivity index is 1.55. The average molecular weight is 432 g/mol. The molecule has 0 aliphatic rings. The zero-order valence-corrected chi connectivity index (χ0v) is 17.9. The third-order valence-electron chi connectivity index (χ3n) is 4.62. The Kier molecular flexibility index (Phi) is 6.33. The first-order chi connectivity index (χ1) is 15.1. The summed E-state index contributed by atoms with van der Waals surface area (Å²) in [4.78, 5) is 13.1. The van der Waals surface area contributed by atoms with Crippen molar-refractivity contribution < 1.29 is 13.9 Å². The van der Waals surface area contributed by atoms with Gasteiger partial charge < -0.3 is 14.5 Å². The Labute approximate surface area is 184 Å². The summed E-state index contributed by atoms with van der Waals surface area (Å²) in [7, 11) is 1.61. The van der Waals surface area contributed by atoms with Crippen LogP contribution in [-0.2, 0) is 4.79 Å². The molecule has 31 heavy (non-hydrogen) atoms. The van der Waals surface area contributed by atoms with E-state index in [9.17, 15) is 4.79 Å². The highest BCUT2D eigenvalue weighted by Gasteiger charge is 2.25. The van der Waals surface area contributed by atoms with E-state index in [0.29, 0.717) is 11.1 Å². The number of benzene rings is 3. The van der Waals surface area contributed by atoms with Crippen LogP contribution in [0.5, 0.6) is 5.75 Å². The number of carbonyl (C=O) groups excluding carboxylic acids is 1. The quantitative estimate of drug-likeness (QED) is 0.388. The van der Waals surface area contributed by atoms with Gasteiger partial charge in [0.05, 0.1) is 7.11 Å². The molecule has 0 radical (unpaired) electrons. The molecule has 4 aromatic rings. The van der Waals surface area contributed by atoms with Crippen LogP contribution in [0.4, 0.5) is 5.69 Å². The Hall–Kier alpha value is -3.58. The molecule has 0 aliphatic carbocycles. The minimum atomic E-state index is -0.549. The molecule has 1 unspecified atom stereocenters. The van der Waals surface area contributed by atoms with Crippen LogP contribution in [-0.4, -0.2) is 23.2 Å². The standard InChI is InChI=1S/C24H21N3O3S/c1-16-8-12-19(13-9-16)25-22(28)21(17-6-4-3-5-7-17)31-24-27-26-23(30-24)18-10-14-20(29-2)15-11-18/h3-15,21H,1-2H3,(H,25,28). The molecular formula is C24H21N3O3S. The van der Waals surface area contributed by atoms with Gasteiger partial charge in [-0.05, 0) is 60.6 Å². The fraction of sp³-hybridized carbons (Fsp3) is 0.125. The molecule has 0 saturated heterocycles. The first kappa shape index (κ1) is 20.7. The molecule has 1 heterocycles. The molecule has 156 valence electrons. The van der Waals surface area contributed by atoms with Gasteiger partial charge in [-0.3, -0.25) is 4.79 Å². The second-order valence-corrected chi connectivity index (χ2v) is 7.92. The topological polar surface area (TPSA) is 77.2 Å². The molecule has 1 N–H and O–H groups in total. The van der Waals surface area contributed by atoms with Gasteiger partial charge in [0.1, 0.15) is 11.0 Å². The molecular weight excluding hydrogens is 410 g/mol. The summed E-state index contributed by atoms with van der Waals surface area (Å²) in [6.45, 7) is 2.00. The SMILES string of the molecule is COc1ccc(-c2nnc(SC(C(=O)Nc3ccc(C)cc3)c3ccccc3)o2)cc1. The van der Waals surface area contributed by atoms with Gasteiger partial charge in [0, 0.05) is 11.3 Å². The summed E-state index contributed by atoms with van der Waals surface area (Å²) in [5, 5.41) is 11.0. The van der Waals surface area contributed by atoms with Crippen LogP contribution in [0.1, 0.15) is 16.4 Å². The first-order valence-corrected chi connectivity index (χ1v) is 10.6. The minimum Gasteiger partial charge on any atom is -0.497 e. The number of hydrogen-bond donors (Lipinski definition) is 1. The summed E-state index contributed by atoms with van der Waals surface area (Å²) in [6.07, 6.45) is 0. The van der Waals surface area contributed by atoms with E-state index in [4.69, 9.17) is 9.15 Å². The number of thioether (sulfide) groups is 1. The molecule has 1 aromatic heterocycles. The third kappa shape index (κ3) is 5.13. The van der Waals surface area contributed by atoms with Crippen molar-refractivity contribution in [3.05, 3.63) is 90.0 Å². The molecule has 0 bridgehead atoms. The predicted octanol–water partition coefficient (Wildman–Crippen LogP) is 5.53. The lowest BCUT2D eigenvalue weighted by atomic mass is 10.1. The molecule has 1 atom stereocenters. The van der Waals surface area contributed by atoms with E-state index in [1.54, 1.807) is 7.11 Å². The molecule has 7 heteroatoms. The minimum absolute atomic E-state index is 0.163. The van der Waals surface area contributed by atoms with Crippen molar-refractivity contribution in [2.45, 2.75) is 17.4 Å². The largest absolute Gasteiger partial charge is 0.497 e. The third-order valence-corrected chi connectivity index (χ3v) is 5.71. The number of nitrogens with one attached hydrogen (secondary N) is 1. The van der Waals surface area contributed by atoms with Gasteiger partial charge in [-0.25, -0.2) is 0 Å². The Morgan fingerprint density at radius 1 is 0.968 bits per heavy atom. The highest BCUT2D eigenvalue weighted by Crippen LogP contribution is 2.36. The number of anilines is 1. The lowest BCUT2D eigenvalue weighted by Gasteiger charge is -2.15. The fourth-order valence-electron chi connectivity index (χ4n) is 2.95. The van der Waals surface area contributed by atoms with E-state index >= 15 is 0 Å². The van der Waals surface area contributed by atoms with Gasteiger partial charge in [0.15, 0.2) is 0 Å². The van der Waals surface area contributed by atoms with E-state index in [1.807, 2.05) is 85.8 Å². The number of ether oxygens (including phenoxy) is 1. The molecule has 4 rings (SSSR count). The number of rotatable bonds is 7. The van der Waals surface area contributed by atoms with Crippen LogP contribution in [0.2, 0.25) is 0 Å². The molecule has 0 fully saturated rings. The molecule has 6 nitrogen and oxygen atoms in total. The van der Waals surface area contributed by atoms with Gasteiger partial charge in [0.2, 0.25) is 11.8 Å². The number of hydrogen-bond acceptors (Lipinski definition) is 6. The van der Waals surface area contributed by atoms with Gasteiger partial charge in [-0.2, -0.15) is 0 Å². The van der Waals surface area contributed by atoms with Crippen molar-refractivity contribution in [2.24, 2.45) is 0 Å². The van der Waals surface area contributed by atoms with Crippen molar-refractivity contribution in [3.8, 4) is 17.2 Å². The Morgan fingerprint density at radius 3 is 2.35 bits per heavy atom. The summed E-state index contributed by atoms with van der Waals surface area (Å²) in [6, 6.07) is 24.6. The van der Waals surface area contributed by atoms with Gasteiger partial charge in [0.25, 0.3) is 5.22 Å². The van der Waals surface area contributed by atoms with Gasteiger partial charge in [-0.1, -0.05) is 48.0 Å². The van der Waals surface area contributed by atoms with Crippen LogP contribution in [0.25, 0.3) is 11.5 Å². The van der Waals surface area contributed by atoms with Gasteiger partial charge >= 0.3 is 0 Å². The number of methoxy groups -OCH3 is 1. The van der Waals surface area contributed by atoms with Crippen LogP contribution < -0.4 is 10.1 Å². The number of aromatic nitrogens is 2. The van der Waals surface area contributed by atoms with E-state index in [1.165, 1.54) is 11.8 Å². The zero-order valence-electron chi connectivity index (χ0n) is 17.1. The van der Waals surface area contributed by atoms with Crippen molar-refractivity contribution in [2.75, 3.05) is 12.4 Å². The van der Waals surface area contributed by atoms with Crippen molar-refractivity contribution in [1.29, 1.82) is 0 Å². The van der Waals surface area contributed by atoms with Crippen LogP contribution in [0, 0.1) is 6.92 Å². The number of amides is 1. The lowest BCUT2D eigenvalue weighted by Crippen LogP contribution is -2.19. The van der Waals surface area contributed by atoms with Crippen molar-refractivity contribution in [3.63, 3.8) is 0 Å². The maximum Gasteiger partial charge on any atom is 0.277 e. The number of aryl methyl sites for hydroxylation is 1. The summed E-state index contributed by atoms with van der Waals surface area (Å²) in [5.74, 6) is 0.968. The molecule has 0 spiro atoms. The monoisotopic (exact) mass is 431 g/mol. The first-order valence-electron chi connectivity index (χ1n) is 9.69. The molecule has 0 aliphatic heterocycles. The van der Waals surface area contributed by atoms with Crippen molar-refractivity contribution in [1.82, 2.24) is 10.2 Å². The van der Waals surface area contributed by atoms with E-state index < -0.39 is 5.25 Å². The van der Waals surface area contributed by atoms with Crippen molar-refractivity contribution >= 4 is 23.4 Å². The Morgan fingerprint density at radius 2 is 1.68 bits per heavy atom. The fourth-order valence-corrected chi connectivity index (χ4v) is 3.83. The van der Waals surface area contributed by atoms with Crippen LogP contribution in [0.3, 0.4) is 0 Å². The maximum absolute atomic E-state index is 13.1. The zero-order chi connectivity index (χ0) is 21.6. The second kappa shape index (κ2) is 9.49. The summed E-state index contributed by atoms with van der Waals surface area (Å²) in [5.41, 5.74) is 3.49. The van der Waals surface area contributed by atoms with E-state index in [-0.39, 0.29) is 5.91 Å². The number of nitrogens with zero attached hydrogens (tertiary/aromatic N) is 2. The average Bonchev–Trinajstić information content (AvgIpc) is 3.28. The smallest absolute Gasteiger partial charge is 0.277 e. The second-order valence-electron chi connectivity index (χ2n) is 6.87. The van der Waals surface area contributed by atoms with Crippen LogP contribution >= 0.6 is 11.8 Å². The normalized spacial score (nSPS) is 11.7. The van der Waals surface area contributed by atoms with Crippen LogP contribution in [0.15, 0.2) is 88.5 Å². The Bertz CT molecular complexity index is 1140. The van der Waals surface area contributed by atoms with E-state index in [2.05, 4.69) is 15.5 Å². The predicted molar refractivity (Wildman–Crippen MR) is 121 cm³/mol. The summed E-state index contributed by atoms with van der Waals surface area (Å²) < 4.78 is 11.0. The lowest BCUT2D eigenvalue weighted by molar-refractivity contribution is -0.115. The maximum atomic E-state index is 13.1. The molecule has 0 saturated carbocycles. The highest BCUT2D eigenvalue weighted by molar-refractivity contribution is 8.00. The molecule has 3 aromatic carbocycles. The van der Waals surface area contributed by atoms with Gasteiger partial charge in [-0.15, -0.1) is 10.2 Å². The highest BCUT2D eigenvalue weighted by atomic mass is 32.2. The molecule has 1 amide bonds.